The third-order valence-electron chi connectivity index (χ3n) is 3.57. The number of hydrogen-bond acceptors (Lipinski definition) is 1. The molecule has 0 saturated heterocycles. The van der Waals surface area contributed by atoms with Gasteiger partial charge in [-0.1, -0.05) is 57.5 Å². The summed E-state index contributed by atoms with van der Waals surface area (Å²) in [5.41, 5.74) is 4.28. The van der Waals surface area contributed by atoms with Crippen LogP contribution in [0, 0.1) is 5.82 Å². The van der Waals surface area contributed by atoms with Crippen LogP contribution in [0.1, 0.15) is 38.3 Å². The van der Waals surface area contributed by atoms with Gasteiger partial charge in [-0.15, -0.1) is 0 Å². The second kappa shape index (κ2) is 7.37. The summed E-state index contributed by atoms with van der Waals surface area (Å²) in [6, 6.07) is 14.3. The lowest BCUT2D eigenvalue weighted by Crippen LogP contribution is -2.22. The van der Waals surface area contributed by atoms with Gasteiger partial charge in [-0.25, -0.2) is 4.39 Å². The average molecular weight is 285 g/mol. The Hall–Kier alpha value is -1.67. The quantitative estimate of drug-likeness (QED) is 0.792. The average Bonchev–Trinajstić information content (AvgIpc) is 2.47. The molecule has 21 heavy (non-hydrogen) atoms. The second-order valence-electron chi connectivity index (χ2n) is 5.79. The molecule has 2 rings (SSSR count). The third kappa shape index (κ3) is 4.40. The first-order valence-electron chi connectivity index (χ1n) is 7.71. The zero-order valence-corrected chi connectivity index (χ0v) is 13.1. The summed E-state index contributed by atoms with van der Waals surface area (Å²) in [5, 5.41) is 3.27. The SMILES string of the molecule is CCCc1ccc(-c2ccc(F)c(CNC(C)C)c2)cc1. The van der Waals surface area contributed by atoms with Crippen molar-refractivity contribution in [1.29, 1.82) is 0 Å². The van der Waals surface area contributed by atoms with E-state index in [1.54, 1.807) is 6.07 Å². The lowest BCUT2D eigenvalue weighted by atomic mass is 10.00. The minimum Gasteiger partial charge on any atom is -0.310 e. The largest absolute Gasteiger partial charge is 0.310 e. The molecule has 0 radical (unpaired) electrons. The molecular weight excluding hydrogens is 261 g/mol. The lowest BCUT2D eigenvalue weighted by molar-refractivity contribution is 0.553. The molecule has 0 aliphatic carbocycles. The van der Waals surface area contributed by atoms with E-state index in [2.05, 4.69) is 50.4 Å². The van der Waals surface area contributed by atoms with Gasteiger partial charge >= 0.3 is 0 Å². The zero-order chi connectivity index (χ0) is 15.2. The fraction of sp³-hybridized carbons (Fsp3) is 0.368. The van der Waals surface area contributed by atoms with E-state index in [-0.39, 0.29) is 5.82 Å². The van der Waals surface area contributed by atoms with E-state index in [0.717, 1.165) is 29.5 Å². The highest BCUT2D eigenvalue weighted by Gasteiger charge is 2.06. The van der Waals surface area contributed by atoms with Gasteiger partial charge in [0.15, 0.2) is 0 Å². The van der Waals surface area contributed by atoms with Crippen LogP contribution in [0.3, 0.4) is 0 Å². The Kier molecular flexibility index (Phi) is 5.51. The molecule has 0 amide bonds. The topological polar surface area (TPSA) is 12.0 Å². The van der Waals surface area contributed by atoms with E-state index >= 15 is 0 Å². The van der Waals surface area contributed by atoms with Crippen molar-refractivity contribution in [3.63, 3.8) is 0 Å². The number of benzene rings is 2. The number of hydrogen-bond donors (Lipinski definition) is 1. The lowest BCUT2D eigenvalue weighted by Gasteiger charge is -2.11. The highest BCUT2D eigenvalue weighted by Crippen LogP contribution is 2.23. The van der Waals surface area contributed by atoms with Crippen molar-refractivity contribution >= 4 is 0 Å². The van der Waals surface area contributed by atoms with Gasteiger partial charge in [0, 0.05) is 18.2 Å². The summed E-state index contributed by atoms with van der Waals surface area (Å²) >= 11 is 0. The van der Waals surface area contributed by atoms with Crippen molar-refractivity contribution in [2.24, 2.45) is 0 Å². The Labute approximate surface area is 127 Å². The molecule has 2 aromatic carbocycles. The summed E-state index contributed by atoms with van der Waals surface area (Å²) < 4.78 is 13.9. The summed E-state index contributed by atoms with van der Waals surface area (Å²) in [5.74, 6) is -0.144. The van der Waals surface area contributed by atoms with Crippen LogP contribution >= 0.6 is 0 Å². The van der Waals surface area contributed by atoms with E-state index in [0.29, 0.717) is 12.6 Å². The molecule has 0 unspecified atom stereocenters. The summed E-state index contributed by atoms with van der Waals surface area (Å²) in [4.78, 5) is 0. The Morgan fingerprint density at radius 1 is 1.00 bits per heavy atom. The predicted molar refractivity (Wildman–Crippen MR) is 87.8 cm³/mol. The maximum Gasteiger partial charge on any atom is 0.127 e. The number of aryl methyl sites for hydroxylation is 1. The van der Waals surface area contributed by atoms with Crippen molar-refractivity contribution in [2.45, 2.75) is 46.2 Å². The molecule has 0 saturated carbocycles. The second-order valence-corrected chi connectivity index (χ2v) is 5.79. The van der Waals surface area contributed by atoms with E-state index in [1.807, 2.05) is 12.1 Å². The molecule has 2 heteroatoms. The maximum atomic E-state index is 13.9. The molecule has 0 spiro atoms. The van der Waals surface area contributed by atoms with E-state index < -0.39 is 0 Å². The number of nitrogens with one attached hydrogen (secondary N) is 1. The Morgan fingerprint density at radius 2 is 1.67 bits per heavy atom. The van der Waals surface area contributed by atoms with E-state index in [1.165, 1.54) is 5.56 Å². The van der Waals surface area contributed by atoms with Crippen LogP contribution in [-0.2, 0) is 13.0 Å². The molecule has 0 aliphatic rings. The van der Waals surface area contributed by atoms with Gasteiger partial charge < -0.3 is 5.32 Å². The normalized spacial score (nSPS) is 11.1. The maximum absolute atomic E-state index is 13.9. The minimum absolute atomic E-state index is 0.144. The molecule has 0 aliphatic heterocycles. The Bertz CT molecular complexity index is 573. The first kappa shape index (κ1) is 15.7. The Balaban J connectivity index is 2.21. The standard InChI is InChI=1S/C19H24FN/c1-4-5-15-6-8-16(9-7-15)17-10-11-19(20)18(12-17)13-21-14(2)3/h6-12,14,21H,4-5,13H2,1-3H3. The molecular formula is C19H24FN. The van der Waals surface area contributed by atoms with Gasteiger partial charge in [-0.05, 0) is 35.2 Å². The van der Waals surface area contributed by atoms with Crippen LogP contribution in [0.5, 0.6) is 0 Å². The van der Waals surface area contributed by atoms with Gasteiger partial charge in [-0.3, -0.25) is 0 Å². The molecule has 0 atom stereocenters. The van der Waals surface area contributed by atoms with Gasteiger partial charge in [0.2, 0.25) is 0 Å². The molecule has 0 heterocycles. The molecule has 1 N–H and O–H groups in total. The predicted octanol–water partition coefficient (Wildman–Crippen LogP) is 4.94. The van der Waals surface area contributed by atoms with Crippen molar-refractivity contribution < 1.29 is 4.39 Å². The highest BCUT2D eigenvalue weighted by molar-refractivity contribution is 5.64. The first-order chi connectivity index (χ1) is 10.1. The van der Waals surface area contributed by atoms with Crippen molar-refractivity contribution in [3.8, 4) is 11.1 Å². The van der Waals surface area contributed by atoms with Crippen LogP contribution in [0.2, 0.25) is 0 Å². The van der Waals surface area contributed by atoms with Crippen molar-refractivity contribution in [2.75, 3.05) is 0 Å². The summed E-state index contributed by atoms with van der Waals surface area (Å²) in [6.45, 7) is 6.87. The fourth-order valence-electron chi connectivity index (χ4n) is 2.36. The molecule has 0 aromatic heterocycles. The van der Waals surface area contributed by atoms with Crippen LogP contribution in [-0.4, -0.2) is 6.04 Å². The van der Waals surface area contributed by atoms with Crippen LogP contribution in [0.4, 0.5) is 4.39 Å². The first-order valence-corrected chi connectivity index (χ1v) is 7.71. The third-order valence-corrected chi connectivity index (χ3v) is 3.57. The highest BCUT2D eigenvalue weighted by atomic mass is 19.1. The minimum atomic E-state index is -0.144. The molecule has 112 valence electrons. The van der Waals surface area contributed by atoms with Gasteiger partial charge in [0.25, 0.3) is 0 Å². The monoisotopic (exact) mass is 285 g/mol. The number of rotatable bonds is 6. The number of halogens is 1. The van der Waals surface area contributed by atoms with Crippen molar-refractivity contribution in [3.05, 3.63) is 59.4 Å². The van der Waals surface area contributed by atoms with Crippen LogP contribution < -0.4 is 5.32 Å². The molecule has 0 bridgehead atoms. The van der Waals surface area contributed by atoms with Gasteiger partial charge in [0.1, 0.15) is 5.82 Å². The zero-order valence-electron chi connectivity index (χ0n) is 13.1. The van der Waals surface area contributed by atoms with E-state index in [9.17, 15) is 4.39 Å². The van der Waals surface area contributed by atoms with Crippen LogP contribution in [0.15, 0.2) is 42.5 Å². The smallest absolute Gasteiger partial charge is 0.127 e. The van der Waals surface area contributed by atoms with Crippen molar-refractivity contribution in [1.82, 2.24) is 5.32 Å². The summed E-state index contributed by atoms with van der Waals surface area (Å²) in [6.07, 6.45) is 2.26. The Morgan fingerprint density at radius 3 is 2.29 bits per heavy atom. The molecule has 2 aromatic rings. The molecule has 0 fully saturated rings. The van der Waals surface area contributed by atoms with Gasteiger partial charge in [-0.2, -0.15) is 0 Å². The van der Waals surface area contributed by atoms with Gasteiger partial charge in [0.05, 0.1) is 0 Å². The molecule has 1 nitrogen and oxygen atoms in total. The summed E-state index contributed by atoms with van der Waals surface area (Å²) in [7, 11) is 0. The fourth-order valence-corrected chi connectivity index (χ4v) is 2.36. The van der Waals surface area contributed by atoms with Crippen LogP contribution in [0.25, 0.3) is 11.1 Å². The van der Waals surface area contributed by atoms with E-state index in [4.69, 9.17) is 0 Å².